The van der Waals surface area contributed by atoms with Crippen LogP contribution in [0.5, 0.6) is 0 Å². The van der Waals surface area contributed by atoms with Gasteiger partial charge in [0.1, 0.15) is 0 Å². The minimum absolute atomic E-state index is 0.225. The second-order valence-electron chi connectivity index (χ2n) is 2.79. The Morgan fingerprint density at radius 3 is 2.07 bits per heavy atom. The second-order valence-corrected chi connectivity index (χ2v) is 2.79. The molecule has 0 amide bonds. The van der Waals surface area contributed by atoms with Gasteiger partial charge in [-0.3, -0.25) is 0 Å². The van der Waals surface area contributed by atoms with Crippen molar-refractivity contribution < 1.29 is 29.9 Å². The van der Waals surface area contributed by atoms with Crippen molar-refractivity contribution in [1.82, 2.24) is 0 Å². The summed E-state index contributed by atoms with van der Waals surface area (Å²) in [5, 5.41) is 35.0. The van der Waals surface area contributed by atoms with Gasteiger partial charge in [0.25, 0.3) is 0 Å². The molecule has 0 saturated heterocycles. The molecule has 7 heteroatoms. The van der Waals surface area contributed by atoms with Gasteiger partial charge in [0.05, 0.1) is 11.1 Å². The van der Waals surface area contributed by atoms with Crippen LogP contribution >= 0.6 is 0 Å². The van der Waals surface area contributed by atoms with Gasteiger partial charge in [0.2, 0.25) is 0 Å². The highest BCUT2D eigenvalue weighted by Crippen LogP contribution is 2.04. The van der Waals surface area contributed by atoms with Crippen LogP contribution in [0, 0.1) is 0 Å². The second kappa shape index (κ2) is 4.12. The SMILES string of the molecule is O=C(O)c1ccc(B(O)O)c(C(=O)O)c1. The monoisotopic (exact) mass is 210 g/mol. The Morgan fingerprint density at radius 2 is 1.67 bits per heavy atom. The standard InChI is InChI=1S/C8H7BO6/c10-7(11)4-1-2-6(9(14)15)5(3-4)8(12)13/h1-3,14-15H,(H,10,11)(H,12,13). The molecular formula is C8H7BO6. The van der Waals surface area contributed by atoms with Crippen LogP contribution in [0.2, 0.25) is 0 Å². The Balaban J connectivity index is 3.33. The zero-order chi connectivity index (χ0) is 11.6. The van der Waals surface area contributed by atoms with E-state index in [9.17, 15) is 9.59 Å². The number of carboxylic acids is 2. The van der Waals surface area contributed by atoms with Crippen LogP contribution < -0.4 is 5.46 Å². The lowest BCUT2D eigenvalue weighted by atomic mass is 9.76. The molecule has 0 atom stereocenters. The van der Waals surface area contributed by atoms with Gasteiger partial charge in [0, 0.05) is 0 Å². The summed E-state index contributed by atoms with van der Waals surface area (Å²) in [6.07, 6.45) is 0. The van der Waals surface area contributed by atoms with Gasteiger partial charge in [-0.05, 0) is 17.6 Å². The largest absolute Gasteiger partial charge is 0.489 e. The molecule has 0 heterocycles. The number of carboxylic acid groups (broad SMARTS) is 2. The van der Waals surface area contributed by atoms with E-state index >= 15 is 0 Å². The number of benzene rings is 1. The zero-order valence-corrected chi connectivity index (χ0v) is 7.41. The Hall–Kier alpha value is -1.86. The van der Waals surface area contributed by atoms with E-state index in [0.29, 0.717) is 0 Å². The molecule has 0 aliphatic rings. The fourth-order valence-electron chi connectivity index (χ4n) is 1.10. The lowest BCUT2D eigenvalue weighted by Gasteiger charge is -2.05. The smallest absolute Gasteiger partial charge is 0.478 e. The van der Waals surface area contributed by atoms with Crippen LogP contribution in [0.4, 0.5) is 0 Å². The maximum absolute atomic E-state index is 10.7. The van der Waals surface area contributed by atoms with E-state index in [0.717, 1.165) is 18.2 Å². The average Bonchev–Trinajstić information content (AvgIpc) is 2.16. The summed E-state index contributed by atoms with van der Waals surface area (Å²) in [5.41, 5.74) is -0.908. The third-order valence-electron chi connectivity index (χ3n) is 1.81. The van der Waals surface area contributed by atoms with Gasteiger partial charge in [0.15, 0.2) is 0 Å². The zero-order valence-electron chi connectivity index (χ0n) is 7.41. The molecule has 1 aromatic rings. The van der Waals surface area contributed by atoms with E-state index in [1.807, 2.05) is 0 Å². The van der Waals surface area contributed by atoms with Gasteiger partial charge in [-0.25, -0.2) is 9.59 Å². The number of hydrogen-bond donors (Lipinski definition) is 4. The van der Waals surface area contributed by atoms with Crippen LogP contribution in [0.15, 0.2) is 18.2 Å². The molecule has 0 radical (unpaired) electrons. The fourth-order valence-corrected chi connectivity index (χ4v) is 1.10. The van der Waals surface area contributed by atoms with Crippen molar-refractivity contribution in [3.8, 4) is 0 Å². The molecule has 0 unspecified atom stereocenters. The molecule has 0 spiro atoms. The molecule has 15 heavy (non-hydrogen) atoms. The first-order chi connectivity index (χ1) is 6.93. The van der Waals surface area contributed by atoms with E-state index in [1.165, 1.54) is 0 Å². The number of rotatable bonds is 3. The molecule has 1 aromatic carbocycles. The van der Waals surface area contributed by atoms with E-state index in [1.54, 1.807) is 0 Å². The van der Waals surface area contributed by atoms with E-state index < -0.39 is 24.6 Å². The van der Waals surface area contributed by atoms with Crippen LogP contribution in [-0.4, -0.2) is 39.3 Å². The molecular weight excluding hydrogens is 203 g/mol. The Labute approximate surface area is 84.6 Å². The van der Waals surface area contributed by atoms with E-state index in [-0.39, 0.29) is 11.0 Å². The maximum atomic E-state index is 10.7. The molecule has 0 aromatic heterocycles. The van der Waals surface area contributed by atoms with Crippen molar-refractivity contribution in [2.45, 2.75) is 0 Å². The summed E-state index contributed by atoms with van der Waals surface area (Å²) in [7, 11) is -1.95. The summed E-state index contributed by atoms with van der Waals surface area (Å²) >= 11 is 0. The Morgan fingerprint density at radius 1 is 1.07 bits per heavy atom. The fraction of sp³-hybridized carbons (Fsp3) is 0. The van der Waals surface area contributed by atoms with Crippen molar-refractivity contribution in [3.63, 3.8) is 0 Å². The molecule has 0 aliphatic carbocycles. The van der Waals surface area contributed by atoms with Crippen molar-refractivity contribution in [2.75, 3.05) is 0 Å². The predicted octanol–water partition coefficient (Wildman–Crippen LogP) is -1.24. The van der Waals surface area contributed by atoms with Crippen LogP contribution in [0.3, 0.4) is 0 Å². The highest BCUT2D eigenvalue weighted by molar-refractivity contribution is 6.60. The first-order valence-corrected chi connectivity index (χ1v) is 3.90. The first-order valence-electron chi connectivity index (χ1n) is 3.90. The molecule has 0 saturated carbocycles. The van der Waals surface area contributed by atoms with Crippen LogP contribution in [0.1, 0.15) is 20.7 Å². The summed E-state index contributed by atoms with van der Waals surface area (Å²) < 4.78 is 0. The normalized spacial score (nSPS) is 9.73. The molecule has 6 nitrogen and oxygen atoms in total. The Kier molecular flexibility index (Phi) is 3.08. The third-order valence-corrected chi connectivity index (χ3v) is 1.81. The molecule has 0 fully saturated rings. The number of aromatic carboxylic acids is 2. The van der Waals surface area contributed by atoms with Crippen LogP contribution in [0.25, 0.3) is 0 Å². The minimum atomic E-state index is -1.95. The molecule has 4 N–H and O–H groups in total. The van der Waals surface area contributed by atoms with Gasteiger partial charge < -0.3 is 20.3 Å². The summed E-state index contributed by atoms with van der Waals surface area (Å²) in [6.45, 7) is 0. The highest BCUT2D eigenvalue weighted by atomic mass is 16.4. The average molecular weight is 210 g/mol. The maximum Gasteiger partial charge on any atom is 0.489 e. The van der Waals surface area contributed by atoms with Crippen molar-refractivity contribution in [2.24, 2.45) is 0 Å². The highest BCUT2D eigenvalue weighted by Gasteiger charge is 2.21. The van der Waals surface area contributed by atoms with Gasteiger partial charge in [-0.2, -0.15) is 0 Å². The van der Waals surface area contributed by atoms with E-state index in [4.69, 9.17) is 20.3 Å². The van der Waals surface area contributed by atoms with Gasteiger partial charge >= 0.3 is 19.1 Å². The molecule has 0 bridgehead atoms. The third kappa shape index (κ3) is 2.33. The van der Waals surface area contributed by atoms with E-state index in [2.05, 4.69) is 0 Å². The van der Waals surface area contributed by atoms with Gasteiger partial charge in [-0.1, -0.05) is 6.07 Å². The minimum Gasteiger partial charge on any atom is -0.478 e. The van der Waals surface area contributed by atoms with Gasteiger partial charge in [-0.15, -0.1) is 0 Å². The quantitative estimate of drug-likeness (QED) is 0.464. The lowest BCUT2D eigenvalue weighted by molar-refractivity contribution is 0.0696. The van der Waals surface area contributed by atoms with Crippen molar-refractivity contribution in [3.05, 3.63) is 29.3 Å². The number of carbonyl (C=O) groups is 2. The number of hydrogen-bond acceptors (Lipinski definition) is 4. The molecule has 0 aliphatic heterocycles. The summed E-state index contributed by atoms with van der Waals surface area (Å²) in [5.74, 6) is -2.70. The molecule has 78 valence electrons. The summed E-state index contributed by atoms with van der Waals surface area (Å²) in [6, 6.07) is 3.03. The van der Waals surface area contributed by atoms with Crippen LogP contribution in [-0.2, 0) is 0 Å². The topological polar surface area (TPSA) is 115 Å². The van der Waals surface area contributed by atoms with Crippen molar-refractivity contribution >= 4 is 24.5 Å². The Bertz CT molecular complexity index is 414. The first kappa shape index (κ1) is 11.2. The van der Waals surface area contributed by atoms with Crippen molar-refractivity contribution in [1.29, 1.82) is 0 Å². The lowest BCUT2D eigenvalue weighted by Crippen LogP contribution is -2.35. The summed E-state index contributed by atoms with van der Waals surface area (Å²) in [4.78, 5) is 21.2. The predicted molar refractivity (Wildman–Crippen MR) is 50.2 cm³/mol. The molecule has 1 rings (SSSR count).